The Labute approximate surface area is 151 Å². The van der Waals surface area contributed by atoms with Crippen molar-refractivity contribution in [3.63, 3.8) is 0 Å². The van der Waals surface area contributed by atoms with E-state index in [-0.39, 0.29) is 12.3 Å². The predicted molar refractivity (Wildman–Crippen MR) is 94.4 cm³/mol. The smallest absolute Gasteiger partial charge is 0.298 e. The Morgan fingerprint density at radius 2 is 1.88 bits per heavy atom. The summed E-state index contributed by atoms with van der Waals surface area (Å²) < 4.78 is 3.52. The summed E-state index contributed by atoms with van der Waals surface area (Å²) in [6, 6.07) is -1.27. The summed E-state index contributed by atoms with van der Waals surface area (Å²) >= 11 is 0. The number of imide groups is 1. The van der Waals surface area contributed by atoms with Crippen molar-refractivity contribution >= 4 is 29.5 Å². The number of Topliss-reactive ketones (excluding diaryl/α,β-unsaturated/α-hetero) is 1. The van der Waals surface area contributed by atoms with Crippen LogP contribution < -0.4 is 0 Å². The van der Waals surface area contributed by atoms with Crippen LogP contribution in [-0.4, -0.2) is 79.9 Å². The summed E-state index contributed by atoms with van der Waals surface area (Å²) in [4.78, 5) is 43.9. The van der Waals surface area contributed by atoms with Crippen LogP contribution in [0.25, 0.3) is 0 Å². The van der Waals surface area contributed by atoms with Gasteiger partial charge in [0.1, 0.15) is 11.5 Å². The van der Waals surface area contributed by atoms with E-state index < -0.39 is 18.0 Å². The van der Waals surface area contributed by atoms with Gasteiger partial charge in [-0.2, -0.15) is 0 Å². The van der Waals surface area contributed by atoms with Crippen molar-refractivity contribution in [3.8, 4) is 0 Å². The number of fused-ring (bicyclic) bond motifs is 1. The largest absolute Gasteiger partial charge is 0.421 e. The quantitative estimate of drug-likeness (QED) is 0.726. The molecule has 0 spiro atoms. The molecule has 3 rings (SSSR count). The molecule has 0 aromatic carbocycles. The fraction of sp³-hybridized carbons (Fsp3) is 0.529. The molecule has 0 aliphatic carbocycles. The number of aryl methyl sites for hydroxylation is 1. The molecule has 1 aromatic heterocycles. The lowest BCUT2D eigenvalue weighted by Gasteiger charge is -2.33. The van der Waals surface area contributed by atoms with Crippen molar-refractivity contribution in [2.24, 2.45) is 4.99 Å². The number of aliphatic imine (C=N–C) groups is 1. The van der Waals surface area contributed by atoms with Crippen molar-refractivity contribution in [1.82, 2.24) is 19.6 Å². The number of hydrogen-bond donors (Lipinski definition) is 0. The van der Waals surface area contributed by atoms with Gasteiger partial charge in [-0.3, -0.25) is 19.4 Å². The van der Waals surface area contributed by atoms with E-state index in [1.807, 2.05) is 32.3 Å². The number of ketones is 1. The number of aromatic nitrogens is 2. The summed E-state index contributed by atoms with van der Waals surface area (Å²) in [6.45, 7) is 9.37. The van der Waals surface area contributed by atoms with Gasteiger partial charge in [0.2, 0.25) is 11.9 Å². The molecule has 0 radical (unpaired) electrons. The minimum Gasteiger partial charge on any atom is -0.298 e. The van der Waals surface area contributed by atoms with Gasteiger partial charge in [-0.25, -0.2) is 9.37 Å². The van der Waals surface area contributed by atoms with Crippen LogP contribution in [0.2, 0.25) is 0 Å². The van der Waals surface area contributed by atoms with Gasteiger partial charge >= 0.3 is 12.0 Å². The fourth-order valence-electron chi connectivity index (χ4n) is 3.28. The van der Waals surface area contributed by atoms with Crippen LogP contribution >= 0.6 is 0 Å². The van der Waals surface area contributed by atoms with Crippen LogP contribution in [0.5, 0.6) is 0 Å². The first-order chi connectivity index (χ1) is 12.2. The molecule has 1 fully saturated rings. The first-order valence-electron chi connectivity index (χ1n) is 8.52. The highest BCUT2D eigenvalue weighted by Crippen LogP contribution is 2.21. The maximum atomic E-state index is 13.0. The molecule has 3 heterocycles. The molecule has 1 saturated heterocycles. The second kappa shape index (κ2) is 6.15. The molecule has 3 amide bonds. The molecule has 1 atom stereocenters. The number of rotatable bonds is 3. The fourth-order valence-corrected chi connectivity index (χ4v) is 3.28. The minimum atomic E-state index is -0.735. The van der Waals surface area contributed by atoms with Gasteiger partial charge in [-0.05, 0) is 34.6 Å². The van der Waals surface area contributed by atoms with E-state index in [4.69, 9.17) is 0 Å². The van der Waals surface area contributed by atoms with Crippen LogP contribution in [0, 0.1) is 20.8 Å². The molecule has 0 N–H and O–H groups in total. The number of urea groups is 1. The van der Waals surface area contributed by atoms with Crippen LogP contribution in [-0.2, 0) is 9.59 Å². The average Bonchev–Trinajstić information content (AvgIpc) is 3.09. The average molecular weight is 359 g/mol. The maximum Gasteiger partial charge on any atom is 0.421 e. The third-order valence-electron chi connectivity index (χ3n) is 4.95. The van der Waals surface area contributed by atoms with Gasteiger partial charge in [0.15, 0.2) is 0 Å². The van der Waals surface area contributed by atoms with Gasteiger partial charge in [0, 0.05) is 12.6 Å². The molecular weight excluding hydrogens is 336 g/mol. The van der Waals surface area contributed by atoms with E-state index >= 15 is 0 Å². The third kappa shape index (κ3) is 2.46. The number of carbonyl (C=O) groups is 3. The van der Waals surface area contributed by atoms with Crippen LogP contribution in [0.1, 0.15) is 30.8 Å². The molecule has 1 aromatic rings. The van der Waals surface area contributed by atoms with E-state index in [2.05, 4.69) is 10.1 Å². The zero-order chi connectivity index (χ0) is 19.3. The van der Waals surface area contributed by atoms with Gasteiger partial charge in [0.05, 0.1) is 18.8 Å². The minimum absolute atomic E-state index is 0.238. The number of hydrogen-bond acceptors (Lipinski definition) is 5. The number of nitrogens with zero attached hydrogens (tertiary/aromatic N) is 6. The molecule has 26 heavy (non-hydrogen) atoms. The molecule has 2 aliphatic heterocycles. The Hall–Kier alpha value is -2.84. The van der Waals surface area contributed by atoms with E-state index in [0.29, 0.717) is 18.3 Å². The molecule has 2 aliphatic rings. The summed E-state index contributed by atoms with van der Waals surface area (Å²) in [5, 5.41) is 4.53. The number of carbonyl (C=O) groups excluding carboxylic acids is 3. The van der Waals surface area contributed by atoms with Gasteiger partial charge in [-0.15, -0.1) is 9.78 Å². The van der Waals surface area contributed by atoms with Crippen LogP contribution in [0.15, 0.2) is 4.99 Å². The molecule has 138 valence electrons. The van der Waals surface area contributed by atoms with Crippen molar-refractivity contribution < 1.29 is 19.0 Å². The van der Waals surface area contributed by atoms with Gasteiger partial charge in [0.25, 0.3) is 5.91 Å². The summed E-state index contributed by atoms with van der Waals surface area (Å²) in [5.41, 5.74) is 2.87. The summed E-state index contributed by atoms with van der Waals surface area (Å²) in [7, 11) is 1.57. The highest BCUT2D eigenvalue weighted by molar-refractivity contribution is 6.23. The number of likely N-dealkylation sites (N-methyl/N-ethyl adjacent to an activating group) is 2. The lowest BCUT2D eigenvalue weighted by Crippen LogP contribution is -2.63. The Morgan fingerprint density at radius 3 is 2.38 bits per heavy atom. The first-order valence-corrected chi connectivity index (χ1v) is 8.52. The topological polar surface area (TPSA) is 90.9 Å². The second-order valence-electron chi connectivity index (χ2n) is 6.63. The SMILES string of the molecule is CC[N+]1=C(n2nc(C)c(C)c2C)N=C2C1C(=O)N(CC(C)=O)C(=O)N2C. The second-order valence-corrected chi connectivity index (χ2v) is 6.63. The zero-order valence-corrected chi connectivity index (χ0v) is 15.9. The number of amides is 3. The normalized spacial score (nSPS) is 20.1. The zero-order valence-electron chi connectivity index (χ0n) is 15.9. The van der Waals surface area contributed by atoms with E-state index in [1.165, 1.54) is 11.8 Å². The Balaban J connectivity index is 2.14. The lowest BCUT2D eigenvalue weighted by atomic mass is 10.1. The molecule has 0 saturated carbocycles. The Morgan fingerprint density at radius 1 is 1.23 bits per heavy atom. The Kier molecular flexibility index (Phi) is 4.25. The number of amidine groups is 1. The van der Waals surface area contributed by atoms with Crippen molar-refractivity contribution in [2.45, 2.75) is 40.7 Å². The molecule has 9 nitrogen and oxygen atoms in total. The standard InChI is InChI=1S/C17H23N6O3/c1-7-21-13-14(18-16(21)23-12(5)10(3)11(4)19-23)20(6)17(26)22(15(13)25)8-9(2)24/h13H,7-8H2,1-6H3/q+1. The van der Waals surface area contributed by atoms with E-state index in [9.17, 15) is 14.4 Å². The first kappa shape index (κ1) is 18.0. The van der Waals surface area contributed by atoms with Crippen LogP contribution in [0.3, 0.4) is 0 Å². The highest BCUT2D eigenvalue weighted by Gasteiger charge is 2.53. The van der Waals surface area contributed by atoms with Crippen LogP contribution in [0.4, 0.5) is 4.79 Å². The highest BCUT2D eigenvalue weighted by atomic mass is 16.2. The maximum absolute atomic E-state index is 13.0. The predicted octanol–water partition coefficient (Wildman–Crippen LogP) is 0.309. The van der Waals surface area contributed by atoms with E-state index in [0.717, 1.165) is 21.9 Å². The lowest BCUT2D eigenvalue weighted by molar-refractivity contribution is -0.534. The summed E-state index contributed by atoms with van der Waals surface area (Å²) in [5.74, 6) is 0.192. The van der Waals surface area contributed by atoms with Crippen molar-refractivity contribution in [3.05, 3.63) is 17.0 Å². The van der Waals surface area contributed by atoms with E-state index in [1.54, 1.807) is 11.7 Å². The molecule has 1 unspecified atom stereocenters. The van der Waals surface area contributed by atoms with Crippen molar-refractivity contribution in [1.29, 1.82) is 0 Å². The van der Waals surface area contributed by atoms with Gasteiger partial charge in [-0.1, -0.05) is 4.99 Å². The monoisotopic (exact) mass is 359 g/mol. The van der Waals surface area contributed by atoms with Gasteiger partial charge < -0.3 is 0 Å². The molecular formula is C17H23N6O3+. The third-order valence-corrected chi connectivity index (χ3v) is 4.95. The summed E-state index contributed by atoms with van der Waals surface area (Å²) in [6.07, 6.45) is 0. The Bertz CT molecular complexity index is 895. The van der Waals surface area contributed by atoms with Crippen molar-refractivity contribution in [2.75, 3.05) is 20.1 Å². The molecule has 9 heteroatoms. The molecule has 0 bridgehead atoms.